The normalized spacial score (nSPS) is 11.9. The molecule has 0 amide bonds. The van der Waals surface area contributed by atoms with Gasteiger partial charge in [0.25, 0.3) is 0 Å². The van der Waals surface area contributed by atoms with Crippen LogP contribution in [0.5, 0.6) is 0 Å². The van der Waals surface area contributed by atoms with Crippen LogP contribution in [-0.4, -0.2) is 13.2 Å². The third-order valence-electron chi connectivity index (χ3n) is 1.58. The lowest BCUT2D eigenvalue weighted by Gasteiger charge is -2.12. The van der Waals surface area contributed by atoms with Crippen LogP contribution in [0.2, 0.25) is 0 Å². The lowest BCUT2D eigenvalue weighted by Crippen LogP contribution is -1.95. The first kappa shape index (κ1) is 11.9. The van der Waals surface area contributed by atoms with E-state index in [0.29, 0.717) is 18.7 Å². The predicted molar refractivity (Wildman–Crippen MR) is 59.8 cm³/mol. The Kier molecular flexibility index (Phi) is 4.82. The van der Waals surface area contributed by atoms with E-state index >= 15 is 0 Å². The molecule has 1 rings (SSSR count). The highest BCUT2D eigenvalue weighted by molar-refractivity contribution is 7.61. The molecule has 0 aliphatic rings. The SMILES string of the molecule is CCOP(=O)(C[s+]1cccc1)OCC. The summed E-state index contributed by atoms with van der Waals surface area (Å²) < 4.78 is 22.5. The van der Waals surface area contributed by atoms with E-state index in [4.69, 9.17) is 9.05 Å². The minimum atomic E-state index is -2.86. The minimum Gasteiger partial charge on any atom is -0.305 e. The highest BCUT2D eigenvalue weighted by Gasteiger charge is 2.29. The average molecular weight is 235 g/mol. The van der Waals surface area contributed by atoms with Gasteiger partial charge in [0, 0.05) is 0 Å². The average Bonchev–Trinajstić information content (AvgIpc) is 2.57. The lowest BCUT2D eigenvalue weighted by atomic mass is 10.7. The van der Waals surface area contributed by atoms with Crippen molar-refractivity contribution in [3.05, 3.63) is 22.9 Å². The van der Waals surface area contributed by atoms with Crippen LogP contribution in [0.25, 0.3) is 0 Å². The van der Waals surface area contributed by atoms with Gasteiger partial charge in [-0.3, -0.25) is 4.57 Å². The van der Waals surface area contributed by atoms with Crippen LogP contribution < -0.4 is 0 Å². The maximum Gasteiger partial charge on any atom is 0.384 e. The summed E-state index contributed by atoms with van der Waals surface area (Å²) in [7, 11) is -2.93. The van der Waals surface area contributed by atoms with Gasteiger partial charge in [-0.15, -0.1) is 0 Å². The molecular weight excluding hydrogens is 219 g/mol. The monoisotopic (exact) mass is 235 g/mol. The van der Waals surface area contributed by atoms with E-state index in [1.165, 1.54) is 0 Å². The van der Waals surface area contributed by atoms with E-state index in [9.17, 15) is 4.57 Å². The molecule has 1 aromatic rings. The van der Waals surface area contributed by atoms with Crippen LogP contribution in [0.3, 0.4) is 0 Å². The summed E-state index contributed by atoms with van der Waals surface area (Å²) in [4.78, 5) is 0. The van der Waals surface area contributed by atoms with Gasteiger partial charge in [0.15, 0.2) is 0 Å². The van der Waals surface area contributed by atoms with Crippen molar-refractivity contribution >= 4 is 18.1 Å². The highest BCUT2D eigenvalue weighted by atomic mass is 32.2. The summed E-state index contributed by atoms with van der Waals surface area (Å²) in [5, 5.41) is 4.06. The minimum absolute atomic E-state index is 0.0739. The topological polar surface area (TPSA) is 35.5 Å². The smallest absolute Gasteiger partial charge is 0.305 e. The van der Waals surface area contributed by atoms with E-state index in [-0.39, 0.29) is 10.5 Å². The summed E-state index contributed by atoms with van der Waals surface area (Å²) in [6.45, 7) is 4.52. The zero-order valence-corrected chi connectivity index (χ0v) is 10.2. The molecule has 0 aliphatic carbocycles. The number of thiophene rings is 1. The first-order chi connectivity index (χ1) is 6.70. The van der Waals surface area contributed by atoms with Gasteiger partial charge in [0.1, 0.15) is 10.8 Å². The van der Waals surface area contributed by atoms with Gasteiger partial charge in [-0.2, -0.15) is 0 Å². The molecule has 0 aromatic carbocycles. The fourth-order valence-electron chi connectivity index (χ4n) is 1.11. The molecule has 0 unspecified atom stereocenters. The molecule has 0 spiro atoms. The van der Waals surface area contributed by atoms with Gasteiger partial charge < -0.3 is 9.05 Å². The maximum absolute atomic E-state index is 12.1. The van der Waals surface area contributed by atoms with Crippen LogP contribution in [-0.2, 0) is 19.1 Å². The van der Waals surface area contributed by atoms with Crippen molar-refractivity contribution in [1.82, 2.24) is 0 Å². The first-order valence-corrected chi connectivity index (χ1v) is 7.86. The van der Waals surface area contributed by atoms with Gasteiger partial charge in [-0.05, 0) is 36.5 Å². The number of rotatable bonds is 6. The predicted octanol–water partition coefficient (Wildman–Crippen LogP) is 3.66. The van der Waals surface area contributed by atoms with Crippen LogP contribution >= 0.6 is 18.1 Å². The van der Waals surface area contributed by atoms with Gasteiger partial charge in [0.05, 0.1) is 13.2 Å². The van der Waals surface area contributed by atoms with Crippen molar-refractivity contribution in [1.29, 1.82) is 0 Å². The number of hydrogen-bond acceptors (Lipinski definition) is 3. The van der Waals surface area contributed by atoms with Gasteiger partial charge >= 0.3 is 7.60 Å². The Morgan fingerprint density at radius 1 is 1.14 bits per heavy atom. The Hall–Kier alpha value is -0.150. The molecule has 1 heterocycles. The molecule has 0 fully saturated rings. The molecular formula is C9H16O3PS+. The Bertz CT molecular complexity index is 287. The van der Waals surface area contributed by atoms with Crippen molar-refractivity contribution in [2.45, 2.75) is 19.3 Å². The first-order valence-electron chi connectivity index (χ1n) is 4.62. The van der Waals surface area contributed by atoms with E-state index in [0.717, 1.165) is 0 Å². The molecule has 0 saturated carbocycles. The summed E-state index contributed by atoms with van der Waals surface area (Å²) in [6.07, 6.45) is 0. The zero-order chi connectivity index (χ0) is 10.4. The third kappa shape index (κ3) is 3.54. The van der Waals surface area contributed by atoms with Crippen LogP contribution in [0.4, 0.5) is 0 Å². The maximum atomic E-state index is 12.1. The van der Waals surface area contributed by atoms with Gasteiger partial charge in [0.2, 0.25) is 5.49 Å². The molecule has 5 heteroatoms. The van der Waals surface area contributed by atoms with Crippen molar-refractivity contribution in [3.8, 4) is 0 Å². The van der Waals surface area contributed by atoms with Crippen molar-refractivity contribution in [3.63, 3.8) is 0 Å². The molecule has 0 saturated heterocycles. The number of hydrogen-bond donors (Lipinski definition) is 0. The molecule has 14 heavy (non-hydrogen) atoms. The Morgan fingerprint density at radius 2 is 1.64 bits per heavy atom. The van der Waals surface area contributed by atoms with Crippen LogP contribution in [0.1, 0.15) is 13.8 Å². The quantitative estimate of drug-likeness (QED) is 0.557. The fourth-order valence-corrected chi connectivity index (χ4v) is 5.39. The summed E-state index contributed by atoms with van der Waals surface area (Å²) >= 11 is 0. The molecule has 0 bridgehead atoms. The molecule has 0 radical (unpaired) electrons. The molecule has 0 aliphatic heterocycles. The fraction of sp³-hybridized carbons (Fsp3) is 0.556. The van der Waals surface area contributed by atoms with Gasteiger partial charge in [-0.1, -0.05) is 0 Å². The second kappa shape index (κ2) is 5.66. The highest BCUT2D eigenvalue weighted by Crippen LogP contribution is 2.54. The van der Waals surface area contributed by atoms with Crippen molar-refractivity contribution in [2.24, 2.45) is 0 Å². The summed E-state index contributed by atoms with van der Waals surface area (Å²) in [5.74, 6) is 0. The van der Waals surface area contributed by atoms with Crippen molar-refractivity contribution < 1.29 is 13.6 Å². The largest absolute Gasteiger partial charge is 0.384 e. The van der Waals surface area contributed by atoms with E-state index in [1.807, 2.05) is 36.7 Å². The standard InChI is InChI=1S/C9H16O3PS/c1-3-11-13(10,12-4-2)9-14-7-5-6-8-14/h5-8H,3-4,9H2,1-2H3/q+1. The van der Waals surface area contributed by atoms with E-state index in [2.05, 4.69) is 0 Å². The van der Waals surface area contributed by atoms with Crippen molar-refractivity contribution in [2.75, 3.05) is 13.2 Å². The molecule has 1 aromatic heterocycles. The second-order valence-corrected chi connectivity index (χ2v) is 6.96. The molecule has 0 N–H and O–H groups in total. The molecule has 80 valence electrons. The summed E-state index contributed by atoms with van der Waals surface area (Å²) in [6, 6.07) is 3.93. The molecule has 3 nitrogen and oxygen atoms in total. The Balaban J connectivity index is 2.64. The van der Waals surface area contributed by atoms with E-state index < -0.39 is 7.60 Å². The summed E-state index contributed by atoms with van der Waals surface area (Å²) in [5.41, 5.74) is 0.474. The Labute approximate surface area is 87.6 Å². The van der Waals surface area contributed by atoms with Gasteiger partial charge in [-0.25, -0.2) is 0 Å². The lowest BCUT2D eigenvalue weighted by molar-refractivity contribution is 0.221. The Morgan fingerprint density at radius 3 is 2.07 bits per heavy atom. The zero-order valence-electron chi connectivity index (χ0n) is 8.51. The van der Waals surface area contributed by atoms with E-state index in [1.54, 1.807) is 0 Å². The third-order valence-corrected chi connectivity index (χ3v) is 6.35. The second-order valence-electron chi connectivity index (χ2n) is 2.70. The molecule has 0 atom stereocenters. The van der Waals surface area contributed by atoms with Crippen LogP contribution in [0.15, 0.2) is 22.9 Å². The van der Waals surface area contributed by atoms with Crippen LogP contribution in [0, 0.1) is 0 Å².